The van der Waals surface area contributed by atoms with Crippen LogP contribution in [0.3, 0.4) is 0 Å². The van der Waals surface area contributed by atoms with Crippen LogP contribution in [0.4, 0.5) is 0 Å². The Morgan fingerprint density at radius 1 is 1.29 bits per heavy atom. The van der Waals surface area contributed by atoms with E-state index in [2.05, 4.69) is 52.5 Å². The number of hydrogen-bond donors (Lipinski definition) is 2. The van der Waals surface area contributed by atoms with Gasteiger partial charge in [-0.2, -0.15) is 5.10 Å². The largest absolute Gasteiger partial charge is 0.348 e. The molecule has 0 fully saturated rings. The van der Waals surface area contributed by atoms with E-state index in [1.807, 2.05) is 29.2 Å². The van der Waals surface area contributed by atoms with Gasteiger partial charge in [-0.25, -0.2) is 4.98 Å². The number of aryl methyl sites for hydroxylation is 2. The molecule has 3 aromatic rings. The number of nitrogens with zero attached hydrogens (tertiary/aromatic N) is 4. The minimum atomic E-state index is -0.0794. The molecule has 0 saturated carbocycles. The van der Waals surface area contributed by atoms with Crippen molar-refractivity contribution >= 4 is 29.9 Å². The lowest BCUT2D eigenvalue weighted by Gasteiger charge is -2.11. The maximum atomic E-state index is 12.3. The van der Waals surface area contributed by atoms with Gasteiger partial charge in [-0.3, -0.25) is 14.5 Å². The molecule has 9 heteroatoms. The summed E-state index contributed by atoms with van der Waals surface area (Å²) in [5.74, 6) is 0.911. The number of amides is 1. The molecule has 0 saturated heterocycles. The summed E-state index contributed by atoms with van der Waals surface area (Å²) in [5, 5.41) is 10.7. The Morgan fingerprint density at radius 2 is 2.00 bits per heavy atom. The van der Waals surface area contributed by atoms with Crippen LogP contribution >= 0.6 is 24.0 Å². The summed E-state index contributed by atoms with van der Waals surface area (Å²) >= 11 is 6.63. The Balaban J connectivity index is 1.62. The minimum Gasteiger partial charge on any atom is -0.348 e. The summed E-state index contributed by atoms with van der Waals surface area (Å²) in [7, 11) is 0. The molecule has 0 aliphatic rings. The van der Waals surface area contributed by atoms with Crippen molar-refractivity contribution in [3.63, 3.8) is 0 Å². The van der Waals surface area contributed by atoms with Gasteiger partial charge in [-0.1, -0.05) is 17.8 Å². The molecule has 7 nitrogen and oxygen atoms in total. The van der Waals surface area contributed by atoms with E-state index >= 15 is 0 Å². The molecule has 0 unspecified atom stereocenters. The van der Waals surface area contributed by atoms with E-state index in [9.17, 15) is 4.79 Å². The van der Waals surface area contributed by atoms with E-state index in [4.69, 9.17) is 12.2 Å². The van der Waals surface area contributed by atoms with Crippen LogP contribution in [-0.2, 0) is 11.3 Å². The first-order valence-corrected chi connectivity index (χ1v) is 10.4. The quantitative estimate of drug-likeness (QED) is 0.453. The first kappa shape index (κ1) is 20.3. The molecule has 0 atom stereocenters. The fraction of sp³-hybridized carbons (Fsp3) is 0.368. The number of H-pyrrole nitrogens is 1. The van der Waals surface area contributed by atoms with Crippen molar-refractivity contribution in [3.8, 4) is 5.69 Å². The molecule has 0 aliphatic carbocycles. The van der Waals surface area contributed by atoms with Crippen LogP contribution in [0.1, 0.15) is 36.8 Å². The van der Waals surface area contributed by atoms with E-state index in [1.54, 1.807) is 6.20 Å². The molecule has 0 bridgehead atoms. The summed E-state index contributed by atoms with van der Waals surface area (Å²) in [6, 6.07) is 6.52. The Labute approximate surface area is 173 Å². The fourth-order valence-electron chi connectivity index (χ4n) is 3.04. The Kier molecular flexibility index (Phi) is 6.35. The summed E-state index contributed by atoms with van der Waals surface area (Å²) in [6.07, 6.45) is 3.66. The molecule has 2 N–H and O–H groups in total. The minimum absolute atomic E-state index is 0.0794. The van der Waals surface area contributed by atoms with Gasteiger partial charge in [-0.15, -0.1) is 0 Å². The first-order chi connectivity index (χ1) is 13.3. The predicted molar refractivity (Wildman–Crippen MR) is 113 cm³/mol. The van der Waals surface area contributed by atoms with Crippen molar-refractivity contribution in [2.45, 2.75) is 45.4 Å². The van der Waals surface area contributed by atoms with Gasteiger partial charge >= 0.3 is 0 Å². The van der Waals surface area contributed by atoms with Crippen LogP contribution in [-0.4, -0.2) is 36.0 Å². The number of aromatic nitrogens is 5. The van der Waals surface area contributed by atoms with Crippen LogP contribution in [0.5, 0.6) is 0 Å². The number of nitrogens with one attached hydrogen (secondary N) is 2. The van der Waals surface area contributed by atoms with E-state index in [0.29, 0.717) is 11.3 Å². The molecule has 0 spiro atoms. The van der Waals surface area contributed by atoms with Gasteiger partial charge in [0.2, 0.25) is 5.91 Å². The lowest BCUT2D eigenvalue weighted by Crippen LogP contribution is -2.26. The van der Waals surface area contributed by atoms with Crippen LogP contribution in [0.2, 0.25) is 0 Å². The summed E-state index contributed by atoms with van der Waals surface area (Å²) in [6.45, 7) is 8.52. The molecular weight excluding hydrogens is 392 g/mol. The highest BCUT2D eigenvalue weighted by molar-refractivity contribution is 7.99. The van der Waals surface area contributed by atoms with Gasteiger partial charge in [0.05, 0.1) is 12.3 Å². The van der Waals surface area contributed by atoms with Crippen molar-refractivity contribution in [2.75, 3.05) is 5.75 Å². The molecule has 2 heterocycles. The number of aromatic amines is 1. The van der Waals surface area contributed by atoms with Crippen molar-refractivity contribution < 1.29 is 4.79 Å². The Morgan fingerprint density at radius 3 is 2.68 bits per heavy atom. The zero-order valence-electron chi connectivity index (χ0n) is 16.4. The molecule has 0 radical (unpaired) electrons. The number of carbonyl (C=O) groups excluding carboxylic acids is 1. The Bertz CT molecular complexity index is 1010. The van der Waals surface area contributed by atoms with Crippen LogP contribution in [0, 0.1) is 18.6 Å². The SMILES string of the molecule is Cc1cc(C)cc(-n2ccnc2SCC(=O)NCc2n[nH]c(=S)n2C(C)C)c1. The molecule has 0 aliphatic heterocycles. The third-order valence-electron chi connectivity index (χ3n) is 4.16. The first-order valence-electron chi connectivity index (χ1n) is 9.02. The number of hydrogen-bond acceptors (Lipinski definition) is 5. The van der Waals surface area contributed by atoms with Gasteiger partial charge in [0, 0.05) is 24.1 Å². The lowest BCUT2D eigenvalue weighted by molar-refractivity contribution is -0.118. The fourth-order valence-corrected chi connectivity index (χ4v) is 4.20. The van der Waals surface area contributed by atoms with Gasteiger partial charge in [0.25, 0.3) is 0 Å². The molecule has 148 valence electrons. The van der Waals surface area contributed by atoms with Gasteiger partial charge in [-0.05, 0) is 63.2 Å². The third kappa shape index (κ3) is 4.71. The Hall–Kier alpha value is -2.39. The number of imidazole rings is 1. The second-order valence-corrected chi connectivity index (χ2v) is 8.23. The smallest absolute Gasteiger partial charge is 0.230 e. The molecule has 3 rings (SSSR count). The second kappa shape index (κ2) is 8.74. The number of thioether (sulfide) groups is 1. The standard InChI is InChI=1S/C19H24N6OS2/c1-12(2)25-16(22-23-18(25)27)10-21-17(26)11-28-19-20-5-6-24(19)15-8-13(3)7-14(4)9-15/h5-9,12H,10-11H2,1-4H3,(H,21,26)(H,23,27). The monoisotopic (exact) mass is 416 g/mol. The van der Waals surface area contributed by atoms with Gasteiger partial charge in [0.1, 0.15) is 0 Å². The number of carbonyl (C=O) groups is 1. The molecule has 2 aromatic heterocycles. The average Bonchev–Trinajstić information content (AvgIpc) is 3.23. The van der Waals surface area contributed by atoms with Crippen LogP contribution in [0.25, 0.3) is 5.69 Å². The summed E-state index contributed by atoms with van der Waals surface area (Å²) in [5.41, 5.74) is 3.43. The number of benzene rings is 1. The average molecular weight is 417 g/mol. The van der Waals surface area contributed by atoms with Crippen LogP contribution in [0.15, 0.2) is 35.7 Å². The van der Waals surface area contributed by atoms with Gasteiger partial charge < -0.3 is 9.88 Å². The van der Waals surface area contributed by atoms with Crippen molar-refractivity contribution in [1.29, 1.82) is 0 Å². The van der Waals surface area contributed by atoms with E-state index in [1.165, 1.54) is 22.9 Å². The molecule has 1 aromatic carbocycles. The van der Waals surface area contributed by atoms with Crippen molar-refractivity contribution in [1.82, 2.24) is 29.6 Å². The topological polar surface area (TPSA) is 80.5 Å². The highest BCUT2D eigenvalue weighted by Crippen LogP contribution is 2.22. The molecule has 28 heavy (non-hydrogen) atoms. The second-order valence-electron chi connectivity index (χ2n) is 6.90. The van der Waals surface area contributed by atoms with Crippen molar-refractivity contribution in [3.05, 3.63) is 52.3 Å². The van der Waals surface area contributed by atoms with E-state index in [-0.39, 0.29) is 17.7 Å². The van der Waals surface area contributed by atoms with Crippen molar-refractivity contribution in [2.24, 2.45) is 0 Å². The summed E-state index contributed by atoms with van der Waals surface area (Å²) < 4.78 is 4.46. The zero-order valence-corrected chi connectivity index (χ0v) is 18.0. The highest BCUT2D eigenvalue weighted by atomic mass is 32.2. The van der Waals surface area contributed by atoms with Crippen LogP contribution < -0.4 is 5.32 Å². The lowest BCUT2D eigenvalue weighted by atomic mass is 10.1. The maximum absolute atomic E-state index is 12.3. The maximum Gasteiger partial charge on any atom is 0.230 e. The normalized spacial score (nSPS) is 11.2. The molecule has 1 amide bonds. The zero-order chi connectivity index (χ0) is 20.3. The third-order valence-corrected chi connectivity index (χ3v) is 5.42. The van der Waals surface area contributed by atoms with Gasteiger partial charge in [0.15, 0.2) is 15.8 Å². The highest BCUT2D eigenvalue weighted by Gasteiger charge is 2.13. The molecular formula is C19H24N6OS2. The van der Waals surface area contributed by atoms with E-state index < -0.39 is 0 Å². The summed E-state index contributed by atoms with van der Waals surface area (Å²) in [4.78, 5) is 16.7. The predicted octanol–water partition coefficient (Wildman–Crippen LogP) is 3.73. The number of rotatable bonds is 7. The van der Waals surface area contributed by atoms with E-state index in [0.717, 1.165) is 16.7 Å².